The van der Waals surface area contributed by atoms with E-state index in [4.69, 9.17) is 4.74 Å². The largest absolute Gasteiger partial charge is 0.489 e. The fraction of sp³-hybridized carbons (Fsp3) is 0.296. The van der Waals surface area contributed by atoms with Gasteiger partial charge in [-0.15, -0.1) is 0 Å². The average Bonchev–Trinajstić information content (AvgIpc) is 3.33. The second-order valence-electron chi connectivity index (χ2n) is 8.07. The second-order valence-corrected chi connectivity index (χ2v) is 8.07. The van der Waals surface area contributed by atoms with Gasteiger partial charge in [-0.2, -0.15) is 0 Å². The first-order valence-electron chi connectivity index (χ1n) is 11.1. The van der Waals surface area contributed by atoms with Crippen LogP contribution in [-0.4, -0.2) is 37.0 Å². The Labute approximate surface area is 184 Å². The first kappa shape index (κ1) is 21.1. The molecule has 4 nitrogen and oxygen atoms in total. The highest BCUT2D eigenvalue weighted by Crippen LogP contribution is 2.20. The summed E-state index contributed by atoms with van der Waals surface area (Å²) in [5.74, 6) is 0.886. The third-order valence-corrected chi connectivity index (χ3v) is 5.70. The lowest BCUT2D eigenvalue weighted by atomic mass is 10.0. The molecular weight excluding hydrogens is 384 g/mol. The number of likely N-dealkylation sites (tertiary alicyclic amines) is 1. The zero-order valence-electron chi connectivity index (χ0n) is 17.9. The molecule has 1 fully saturated rings. The molecule has 3 aromatic rings. The van der Waals surface area contributed by atoms with Crippen LogP contribution in [-0.2, 0) is 17.8 Å². The number of carbonyl (C=O) groups is 1. The van der Waals surface area contributed by atoms with Crippen molar-refractivity contribution >= 4 is 5.91 Å². The monoisotopic (exact) mass is 414 g/mol. The number of nitrogens with one attached hydrogen (secondary N) is 1. The summed E-state index contributed by atoms with van der Waals surface area (Å²) < 4.78 is 5.91. The Morgan fingerprint density at radius 1 is 0.806 bits per heavy atom. The summed E-state index contributed by atoms with van der Waals surface area (Å²) in [6, 6.07) is 26.6. The van der Waals surface area contributed by atoms with Crippen LogP contribution in [0.5, 0.6) is 5.75 Å². The average molecular weight is 415 g/mol. The van der Waals surface area contributed by atoms with Crippen molar-refractivity contribution in [3.8, 4) is 16.9 Å². The van der Waals surface area contributed by atoms with Crippen molar-refractivity contribution in [1.82, 2.24) is 10.2 Å². The van der Waals surface area contributed by atoms with E-state index in [1.807, 2.05) is 42.5 Å². The number of rotatable bonds is 9. The van der Waals surface area contributed by atoms with Gasteiger partial charge in [-0.3, -0.25) is 4.79 Å². The summed E-state index contributed by atoms with van der Waals surface area (Å²) in [5.41, 5.74) is 4.54. The number of hydrogen-bond acceptors (Lipinski definition) is 3. The molecule has 0 spiro atoms. The zero-order chi connectivity index (χ0) is 21.3. The molecule has 0 aliphatic carbocycles. The first-order chi connectivity index (χ1) is 15.3. The number of amides is 1. The molecule has 0 bridgehead atoms. The molecule has 0 atom stereocenters. The quantitative estimate of drug-likeness (QED) is 0.552. The van der Waals surface area contributed by atoms with Crippen molar-refractivity contribution in [2.75, 3.05) is 26.2 Å². The molecule has 0 aromatic heterocycles. The molecule has 1 saturated heterocycles. The number of nitrogens with zero attached hydrogens (tertiary/aromatic N) is 1. The van der Waals surface area contributed by atoms with Gasteiger partial charge in [0, 0.05) is 13.1 Å². The normalized spacial score (nSPS) is 13.8. The molecular formula is C27H30N2O2. The van der Waals surface area contributed by atoms with Crippen molar-refractivity contribution in [2.24, 2.45) is 0 Å². The molecule has 4 rings (SSSR count). The van der Waals surface area contributed by atoms with Crippen molar-refractivity contribution in [1.29, 1.82) is 0 Å². The van der Waals surface area contributed by atoms with Crippen LogP contribution in [0.15, 0.2) is 78.9 Å². The maximum Gasteiger partial charge on any atom is 0.224 e. The lowest BCUT2D eigenvalue weighted by Crippen LogP contribution is -2.34. The van der Waals surface area contributed by atoms with Crippen molar-refractivity contribution in [2.45, 2.75) is 25.9 Å². The predicted molar refractivity (Wildman–Crippen MR) is 125 cm³/mol. The van der Waals surface area contributed by atoms with Gasteiger partial charge >= 0.3 is 0 Å². The van der Waals surface area contributed by atoms with Crippen LogP contribution in [0, 0.1) is 0 Å². The van der Waals surface area contributed by atoms with Gasteiger partial charge in [0.05, 0.1) is 6.42 Å². The van der Waals surface area contributed by atoms with E-state index >= 15 is 0 Å². The lowest BCUT2D eigenvalue weighted by molar-refractivity contribution is -0.120. The van der Waals surface area contributed by atoms with E-state index in [-0.39, 0.29) is 5.91 Å². The predicted octanol–water partition coefficient (Wildman–Crippen LogP) is 4.69. The molecule has 1 N–H and O–H groups in total. The Morgan fingerprint density at radius 3 is 2.16 bits per heavy atom. The molecule has 1 heterocycles. The van der Waals surface area contributed by atoms with Crippen molar-refractivity contribution in [3.05, 3.63) is 90.0 Å². The highest BCUT2D eigenvalue weighted by Gasteiger charge is 2.11. The lowest BCUT2D eigenvalue weighted by Gasteiger charge is -2.14. The van der Waals surface area contributed by atoms with E-state index in [1.54, 1.807) is 0 Å². The van der Waals surface area contributed by atoms with Gasteiger partial charge in [-0.25, -0.2) is 0 Å². The highest BCUT2D eigenvalue weighted by molar-refractivity contribution is 5.78. The fourth-order valence-corrected chi connectivity index (χ4v) is 3.90. The first-order valence-corrected chi connectivity index (χ1v) is 11.1. The maximum atomic E-state index is 12.2. The minimum Gasteiger partial charge on any atom is -0.489 e. The van der Waals surface area contributed by atoms with Gasteiger partial charge in [0.25, 0.3) is 0 Å². The number of ether oxygens (including phenoxy) is 1. The summed E-state index contributed by atoms with van der Waals surface area (Å²) in [6.07, 6.45) is 2.96. The van der Waals surface area contributed by atoms with Gasteiger partial charge in [-0.1, -0.05) is 66.7 Å². The molecule has 1 aliphatic rings. The highest BCUT2D eigenvalue weighted by atomic mass is 16.5. The van der Waals surface area contributed by atoms with Crippen LogP contribution in [0.4, 0.5) is 0 Å². The van der Waals surface area contributed by atoms with Gasteiger partial charge in [0.15, 0.2) is 0 Å². The summed E-state index contributed by atoms with van der Waals surface area (Å²) in [4.78, 5) is 14.6. The molecule has 31 heavy (non-hydrogen) atoms. The van der Waals surface area contributed by atoms with E-state index in [0.717, 1.165) is 43.1 Å². The summed E-state index contributed by atoms with van der Waals surface area (Å²) in [5, 5.41) is 3.02. The number of hydrogen-bond donors (Lipinski definition) is 1. The van der Waals surface area contributed by atoms with Crippen molar-refractivity contribution in [3.63, 3.8) is 0 Å². The molecule has 1 amide bonds. The van der Waals surface area contributed by atoms with Crippen LogP contribution < -0.4 is 10.1 Å². The Bertz CT molecular complexity index is 947. The molecule has 1 aliphatic heterocycles. The number of carbonyl (C=O) groups excluding carboxylic acids is 1. The minimum absolute atomic E-state index is 0.0753. The van der Waals surface area contributed by atoms with Gasteiger partial charge in [-0.05, 0) is 60.3 Å². The smallest absolute Gasteiger partial charge is 0.224 e. The standard InChI is InChI=1S/C27H30N2O2/c30-27(28-16-19-29-17-4-5-18-29)20-22-10-14-26(15-11-22)31-21-23-8-12-25(13-9-23)24-6-2-1-3-7-24/h1-3,6-15H,4-5,16-21H2,(H,28,30). The fourth-order valence-electron chi connectivity index (χ4n) is 3.90. The molecule has 3 aromatic carbocycles. The van der Waals surface area contributed by atoms with E-state index in [2.05, 4.69) is 46.6 Å². The van der Waals surface area contributed by atoms with E-state index < -0.39 is 0 Å². The van der Waals surface area contributed by atoms with Gasteiger partial charge in [0.1, 0.15) is 12.4 Å². The SMILES string of the molecule is O=C(Cc1ccc(OCc2ccc(-c3ccccc3)cc2)cc1)NCCN1CCCC1. The maximum absolute atomic E-state index is 12.2. The third-order valence-electron chi connectivity index (χ3n) is 5.70. The molecule has 4 heteroatoms. The van der Waals surface area contributed by atoms with E-state index in [1.165, 1.54) is 24.0 Å². The topological polar surface area (TPSA) is 41.6 Å². The molecule has 0 saturated carbocycles. The molecule has 0 radical (unpaired) electrons. The van der Waals surface area contributed by atoms with Crippen LogP contribution in [0.25, 0.3) is 11.1 Å². The summed E-state index contributed by atoms with van der Waals surface area (Å²) in [6.45, 7) is 4.52. The summed E-state index contributed by atoms with van der Waals surface area (Å²) >= 11 is 0. The molecule has 160 valence electrons. The van der Waals surface area contributed by atoms with Crippen LogP contribution in [0.1, 0.15) is 24.0 Å². The van der Waals surface area contributed by atoms with Gasteiger partial charge < -0.3 is 15.0 Å². The Morgan fingerprint density at radius 2 is 1.45 bits per heavy atom. The van der Waals surface area contributed by atoms with Crippen LogP contribution in [0.3, 0.4) is 0 Å². The zero-order valence-corrected chi connectivity index (χ0v) is 17.9. The molecule has 0 unspecified atom stereocenters. The number of benzene rings is 3. The third kappa shape index (κ3) is 6.43. The Kier molecular flexibility index (Phi) is 7.35. The second kappa shape index (κ2) is 10.8. The van der Waals surface area contributed by atoms with Crippen LogP contribution >= 0.6 is 0 Å². The van der Waals surface area contributed by atoms with Crippen LogP contribution in [0.2, 0.25) is 0 Å². The summed E-state index contributed by atoms with van der Waals surface area (Å²) in [7, 11) is 0. The van der Waals surface area contributed by atoms with Crippen molar-refractivity contribution < 1.29 is 9.53 Å². The van der Waals surface area contributed by atoms with E-state index in [0.29, 0.717) is 13.0 Å². The Balaban J connectivity index is 1.20. The minimum atomic E-state index is 0.0753. The van der Waals surface area contributed by atoms with Gasteiger partial charge in [0.2, 0.25) is 5.91 Å². The Hall–Kier alpha value is -3.11. The van der Waals surface area contributed by atoms with E-state index in [9.17, 15) is 4.79 Å².